The first-order valence-electron chi connectivity index (χ1n) is 8.65. The van der Waals surface area contributed by atoms with Crippen molar-refractivity contribution < 1.29 is 23.7 Å². The molecule has 0 unspecified atom stereocenters. The average Bonchev–Trinajstić information content (AvgIpc) is 2.71. The van der Waals surface area contributed by atoms with E-state index < -0.39 is 0 Å². The summed E-state index contributed by atoms with van der Waals surface area (Å²) < 4.78 is 27.1. The lowest BCUT2D eigenvalue weighted by Crippen LogP contribution is -2.00. The van der Waals surface area contributed by atoms with Gasteiger partial charge in [0.25, 0.3) is 0 Å². The summed E-state index contributed by atoms with van der Waals surface area (Å²) >= 11 is 0. The molecule has 0 bridgehead atoms. The van der Waals surface area contributed by atoms with Gasteiger partial charge in [-0.25, -0.2) is 0 Å². The minimum absolute atomic E-state index is 0.540. The van der Waals surface area contributed by atoms with Gasteiger partial charge in [0.05, 0.1) is 41.1 Å². The molecule has 1 heterocycles. The Morgan fingerprint density at radius 2 is 1.25 bits per heavy atom. The van der Waals surface area contributed by atoms with Gasteiger partial charge in [0.15, 0.2) is 23.0 Å². The Morgan fingerprint density at radius 3 is 1.79 bits per heavy atom. The number of pyridine rings is 1. The number of ether oxygens (including phenoxy) is 5. The molecular formula is C21H24N2O5. The number of fused-ring (bicyclic) bond motifs is 1. The number of rotatable bonds is 7. The number of benzene rings is 2. The van der Waals surface area contributed by atoms with E-state index in [0.717, 1.165) is 28.0 Å². The second-order valence-electron chi connectivity index (χ2n) is 6.07. The van der Waals surface area contributed by atoms with E-state index >= 15 is 0 Å². The van der Waals surface area contributed by atoms with Crippen LogP contribution in [0.15, 0.2) is 30.3 Å². The van der Waals surface area contributed by atoms with Gasteiger partial charge >= 0.3 is 0 Å². The van der Waals surface area contributed by atoms with Crippen molar-refractivity contribution in [3.8, 4) is 28.7 Å². The second kappa shape index (κ2) is 8.12. The zero-order chi connectivity index (χ0) is 20.3. The molecule has 3 aromatic rings. The van der Waals surface area contributed by atoms with Crippen LogP contribution >= 0.6 is 0 Å². The largest absolute Gasteiger partial charge is 0.493 e. The lowest BCUT2D eigenvalue weighted by atomic mass is 10.1. The molecule has 7 nitrogen and oxygen atoms in total. The zero-order valence-corrected chi connectivity index (χ0v) is 16.9. The van der Waals surface area contributed by atoms with Gasteiger partial charge in [-0.15, -0.1) is 0 Å². The summed E-state index contributed by atoms with van der Waals surface area (Å²) in [6.07, 6.45) is 0. The first kappa shape index (κ1) is 19.4. The smallest absolute Gasteiger partial charge is 0.203 e. The number of nitrogens with one attached hydrogen (secondary N) is 1. The summed E-state index contributed by atoms with van der Waals surface area (Å²) in [5.41, 5.74) is 3.33. The van der Waals surface area contributed by atoms with E-state index in [0.29, 0.717) is 28.7 Å². The Kier molecular flexibility index (Phi) is 5.63. The quantitative estimate of drug-likeness (QED) is 0.650. The highest BCUT2D eigenvalue weighted by Crippen LogP contribution is 2.42. The van der Waals surface area contributed by atoms with E-state index in [1.807, 2.05) is 37.3 Å². The summed E-state index contributed by atoms with van der Waals surface area (Å²) in [5, 5.41) is 4.33. The second-order valence-corrected chi connectivity index (χ2v) is 6.07. The van der Waals surface area contributed by atoms with Gasteiger partial charge in [-0.1, -0.05) is 0 Å². The van der Waals surface area contributed by atoms with Crippen molar-refractivity contribution in [3.05, 3.63) is 36.0 Å². The van der Waals surface area contributed by atoms with Crippen LogP contribution in [-0.4, -0.2) is 40.5 Å². The minimum Gasteiger partial charge on any atom is -0.493 e. The van der Waals surface area contributed by atoms with Gasteiger partial charge < -0.3 is 29.0 Å². The molecule has 0 saturated heterocycles. The number of methoxy groups -OCH3 is 5. The average molecular weight is 384 g/mol. The van der Waals surface area contributed by atoms with Crippen LogP contribution in [0.2, 0.25) is 0 Å². The Bertz CT molecular complexity index is 979. The molecule has 0 aliphatic carbocycles. The van der Waals surface area contributed by atoms with Gasteiger partial charge in [0.1, 0.15) is 0 Å². The maximum atomic E-state index is 5.45. The fraction of sp³-hybridized carbons (Fsp3) is 0.286. The Hall–Kier alpha value is -3.35. The summed E-state index contributed by atoms with van der Waals surface area (Å²) in [6.45, 7) is 1.94. The highest BCUT2D eigenvalue weighted by molar-refractivity contribution is 5.95. The van der Waals surface area contributed by atoms with Crippen molar-refractivity contribution in [1.29, 1.82) is 0 Å². The van der Waals surface area contributed by atoms with Crippen LogP contribution in [0.1, 0.15) is 5.69 Å². The molecule has 0 amide bonds. The maximum absolute atomic E-state index is 5.45. The van der Waals surface area contributed by atoms with E-state index in [4.69, 9.17) is 23.7 Å². The molecule has 0 radical (unpaired) electrons. The van der Waals surface area contributed by atoms with E-state index in [1.165, 1.54) is 0 Å². The van der Waals surface area contributed by atoms with Crippen LogP contribution in [0, 0.1) is 6.92 Å². The van der Waals surface area contributed by atoms with E-state index in [1.54, 1.807) is 35.5 Å². The van der Waals surface area contributed by atoms with Crippen molar-refractivity contribution in [2.45, 2.75) is 6.92 Å². The Labute approximate surface area is 164 Å². The SMILES string of the molecule is COc1cc2nc(C)cc(Nc3cc(OC)c(OC)c(OC)c3)c2cc1OC. The summed E-state index contributed by atoms with van der Waals surface area (Å²) in [4.78, 5) is 4.61. The molecule has 0 saturated carbocycles. The molecule has 148 valence electrons. The van der Waals surface area contributed by atoms with Crippen LogP contribution < -0.4 is 29.0 Å². The summed E-state index contributed by atoms with van der Waals surface area (Å²) in [5.74, 6) is 2.94. The molecule has 1 aromatic heterocycles. The van der Waals surface area contributed by atoms with Gasteiger partial charge in [-0.05, 0) is 19.1 Å². The molecule has 0 aliphatic rings. The van der Waals surface area contributed by atoms with Crippen molar-refractivity contribution in [2.75, 3.05) is 40.9 Å². The molecule has 0 aliphatic heterocycles. The van der Waals surface area contributed by atoms with Crippen LogP contribution in [0.25, 0.3) is 10.9 Å². The standard InChI is InChI=1S/C21H24N2O5/c1-12-7-15(14-10-17(24-2)18(25-3)11-16(14)22-12)23-13-8-19(26-4)21(28-6)20(9-13)27-5/h7-11H,1-6H3,(H,22,23). The number of aryl methyl sites for hydroxylation is 1. The third-order valence-electron chi connectivity index (χ3n) is 4.39. The van der Waals surface area contributed by atoms with Gasteiger partial charge in [-0.3, -0.25) is 4.98 Å². The molecule has 7 heteroatoms. The van der Waals surface area contributed by atoms with E-state index in [2.05, 4.69) is 10.3 Å². The number of hydrogen-bond donors (Lipinski definition) is 1. The fourth-order valence-corrected chi connectivity index (χ4v) is 3.10. The Balaban J connectivity index is 2.14. The van der Waals surface area contributed by atoms with Crippen molar-refractivity contribution in [3.63, 3.8) is 0 Å². The fourth-order valence-electron chi connectivity index (χ4n) is 3.10. The molecule has 0 fully saturated rings. The van der Waals surface area contributed by atoms with Crippen LogP contribution in [-0.2, 0) is 0 Å². The van der Waals surface area contributed by atoms with Crippen molar-refractivity contribution >= 4 is 22.3 Å². The van der Waals surface area contributed by atoms with Crippen molar-refractivity contribution in [1.82, 2.24) is 4.98 Å². The summed E-state index contributed by atoms with van der Waals surface area (Å²) in [6, 6.07) is 9.44. The van der Waals surface area contributed by atoms with Crippen LogP contribution in [0.5, 0.6) is 28.7 Å². The zero-order valence-electron chi connectivity index (χ0n) is 16.9. The first-order valence-corrected chi connectivity index (χ1v) is 8.65. The Morgan fingerprint density at radius 1 is 0.679 bits per heavy atom. The van der Waals surface area contributed by atoms with Crippen LogP contribution in [0.3, 0.4) is 0 Å². The maximum Gasteiger partial charge on any atom is 0.203 e. The van der Waals surface area contributed by atoms with E-state index in [-0.39, 0.29) is 0 Å². The molecule has 0 atom stereocenters. The van der Waals surface area contributed by atoms with Gasteiger partial charge in [-0.2, -0.15) is 0 Å². The lowest BCUT2D eigenvalue weighted by Gasteiger charge is -2.17. The monoisotopic (exact) mass is 384 g/mol. The first-order chi connectivity index (χ1) is 13.5. The van der Waals surface area contributed by atoms with Crippen LogP contribution in [0.4, 0.5) is 11.4 Å². The number of anilines is 2. The highest BCUT2D eigenvalue weighted by atomic mass is 16.5. The predicted octanol–water partition coefficient (Wildman–Crippen LogP) is 4.33. The minimum atomic E-state index is 0.540. The normalized spacial score (nSPS) is 10.5. The highest BCUT2D eigenvalue weighted by Gasteiger charge is 2.15. The predicted molar refractivity (Wildman–Crippen MR) is 109 cm³/mol. The molecule has 0 spiro atoms. The van der Waals surface area contributed by atoms with Crippen molar-refractivity contribution in [2.24, 2.45) is 0 Å². The lowest BCUT2D eigenvalue weighted by molar-refractivity contribution is 0.324. The number of aromatic nitrogens is 1. The van der Waals surface area contributed by atoms with E-state index in [9.17, 15) is 0 Å². The van der Waals surface area contributed by atoms with Gasteiger partial charge in [0, 0.05) is 40.7 Å². The topological polar surface area (TPSA) is 71.1 Å². The molecular weight excluding hydrogens is 360 g/mol. The third kappa shape index (κ3) is 3.55. The number of nitrogens with zero attached hydrogens (tertiary/aromatic N) is 1. The summed E-state index contributed by atoms with van der Waals surface area (Å²) in [7, 11) is 7.97. The van der Waals surface area contributed by atoms with Gasteiger partial charge in [0.2, 0.25) is 5.75 Å². The molecule has 3 rings (SSSR count). The molecule has 28 heavy (non-hydrogen) atoms. The third-order valence-corrected chi connectivity index (χ3v) is 4.39. The molecule has 1 N–H and O–H groups in total. The number of hydrogen-bond acceptors (Lipinski definition) is 7. The molecule has 2 aromatic carbocycles.